The largest absolute Gasteiger partial charge is 0.455 e. The highest BCUT2D eigenvalue weighted by Crippen LogP contribution is 2.43. The van der Waals surface area contributed by atoms with Crippen LogP contribution in [-0.4, -0.2) is 4.98 Å². The molecular weight excluding hydrogens is 300 g/mol. The van der Waals surface area contributed by atoms with Crippen molar-refractivity contribution in [2.24, 2.45) is 0 Å². The van der Waals surface area contributed by atoms with E-state index in [9.17, 15) is 10.5 Å². The van der Waals surface area contributed by atoms with Gasteiger partial charge in [0, 0.05) is 28.7 Å². The minimum atomic E-state index is 0.162. The fraction of sp³-hybridized carbons (Fsp3) is 0. The van der Waals surface area contributed by atoms with Crippen LogP contribution in [0.4, 0.5) is 5.69 Å². The maximum absolute atomic E-state index is 9.60. The van der Waals surface area contributed by atoms with Crippen LogP contribution >= 0.6 is 0 Å². The molecule has 2 aromatic carbocycles. The molecule has 24 heavy (non-hydrogen) atoms. The van der Waals surface area contributed by atoms with E-state index >= 15 is 0 Å². The summed E-state index contributed by atoms with van der Waals surface area (Å²) in [6.07, 6.45) is 3.32. The van der Waals surface area contributed by atoms with E-state index in [1.807, 2.05) is 30.3 Å². The highest BCUT2D eigenvalue weighted by Gasteiger charge is 2.23. The maximum atomic E-state index is 9.60. The fourth-order valence-corrected chi connectivity index (χ4v) is 3.00. The van der Waals surface area contributed by atoms with Gasteiger partial charge in [0.25, 0.3) is 0 Å². The molecule has 0 amide bonds. The minimum absolute atomic E-state index is 0.162. The number of nitrogens with two attached hydrogens (primary N) is 1. The third-order valence-electron chi connectivity index (χ3n) is 4.04. The monoisotopic (exact) mass is 310 g/mol. The number of anilines is 1. The van der Waals surface area contributed by atoms with Crippen molar-refractivity contribution in [2.75, 3.05) is 5.73 Å². The van der Waals surface area contributed by atoms with Crippen molar-refractivity contribution < 1.29 is 4.42 Å². The Bertz CT molecular complexity index is 1180. The Morgan fingerprint density at radius 1 is 1.00 bits per heavy atom. The summed E-state index contributed by atoms with van der Waals surface area (Å²) in [5.41, 5.74) is 9.32. The molecule has 0 aliphatic carbocycles. The first kappa shape index (κ1) is 13.8. The molecule has 5 heteroatoms. The molecule has 0 saturated heterocycles. The molecule has 0 saturated carbocycles. The van der Waals surface area contributed by atoms with Gasteiger partial charge in [-0.3, -0.25) is 4.98 Å². The molecule has 0 spiro atoms. The molecule has 0 aliphatic heterocycles. The number of hydrogen-bond donors (Lipinski definition) is 1. The molecule has 2 N–H and O–H groups in total. The van der Waals surface area contributed by atoms with Gasteiger partial charge in [0.1, 0.15) is 23.3 Å². The van der Waals surface area contributed by atoms with Crippen molar-refractivity contribution in [3.05, 3.63) is 59.9 Å². The van der Waals surface area contributed by atoms with Crippen LogP contribution in [-0.2, 0) is 0 Å². The van der Waals surface area contributed by atoms with Gasteiger partial charge in [-0.2, -0.15) is 10.5 Å². The first-order chi connectivity index (χ1) is 11.8. The summed E-state index contributed by atoms with van der Waals surface area (Å²) in [6.45, 7) is 0. The van der Waals surface area contributed by atoms with Crippen LogP contribution in [0.5, 0.6) is 0 Å². The van der Waals surface area contributed by atoms with Crippen molar-refractivity contribution in [1.82, 2.24) is 4.98 Å². The predicted octanol–water partition coefficient (Wildman–Crippen LogP) is 3.97. The first-order valence-electron chi connectivity index (χ1n) is 7.23. The van der Waals surface area contributed by atoms with Crippen LogP contribution in [0.25, 0.3) is 33.1 Å². The van der Waals surface area contributed by atoms with Crippen LogP contribution in [0, 0.1) is 22.7 Å². The zero-order valence-corrected chi connectivity index (χ0v) is 12.4. The molecule has 112 valence electrons. The van der Waals surface area contributed by atoms with Gasteiger partial charge in [0.05, 0.1) is 22.4 Å². The average Bonchev–Trinajstić information content (AvgIpc) is 3.00. The van der Waals surface area contributed by atoms with Gasteiger partial charge in [0.2, 0.25) is 0 Å². The standard InChI is InChI=1S/C19H10N4O/c20-8-13-14(9-21)18(22)16(11-4-3-7-23-10-11)19-17(13)12-5-1-2-6-15(12)24-19/h1-7,10H,22H2. The third-order valence-corrected chi connectivity index (χ3v) is 4.04. The summed E-state index contributed by atoms with van der Waals surface area (Å²) in [6, 6.07) is 15.2. The van der Waals surface area contributed by atoms with E-state index < -0.39 is 0 Å². The fourth-order valence-electron chi connectivity index (χ4n) is 3.00. The topological polar surface area (TPSA) is 99.6 Å². The molecule has 0 radical (unpaired) electrons. The molecule has 2 aromatic heterocycles. The number of fused-ring (bicyclic) bond motifs is 3. The first-order valence-corrected chi connectivity index (χ1v) is 7.23. The third kappa shape index (κ3) is 1.76. The number of hydrogen-bond acceptors (Lipinski definition) is 5. The van der Waals surface area contributed by atoms with Crippen molar-refractivity contribution in [3.8, 4) is 23.3 Å². The van der Waals surface area contributed by atoms with Crippen molar-refractivity contribution in [2.45, 2.75) is 0 Å². The van der Waals surface area contributed by atoms with Crippen molar-refractivity contribution in [1.29, 1.82) is 10.5 Å². The summed E-state index contributed by atoms with van der Waals surface area (Å²) in [4.78, 5) is 4.12. The smallest absolute Gasteiger partial charge is 0.146 e. The van der Waals surface area contributed by atoms with Gasteiger partial charge in [-0.15, -0.1) is 0 Å². The summed E-state index contributed by atoms with van der Waals surface area (Å²) in [5, 5.41) is 20.5. The van der Waals surface area contributed by atoms with Crippen LogP contribution < -0.4 is 5.73 Å². The number of aromatic nitrogens is 1. The van der Waals surface area contributed by atoms with Gasteiger partial charge in [-0.05, 0) is 12.1 Å². The van der Waals surface area contributed by atoms with Gasteiger partial charge in [-0.1, -0.05) is 24.3 Å². The molecule has 4 rings (SSSR count). The lowest BCUT2D eigenvalue weighted by Crippen LogP contribution is -1.99. The molecule has 2 heterocycles. The Labute approximate surface area is 137 Å². The highest BCUT2D eigenvalue weighted by atomic mass is 16.3. The lowest BCUT2D eigenvalue weighted by atomic mass is 9.93. The van der Waals surface area contributed by atoms with E-state index in [1.54, 1.807) is 18.5 Å². The van der Waals surface area contributed by atoms with E-state index in [1.165, 1.54) is 0 Å². The minimum Gasteiger partial charge on any atom is -0.455 e. The Morgan fingerprint density at radius 3 is 2.50 bits per heavy atom. The Kier molecular flexibility index (Phi) is 2.94. The van der Waals surface area contributed by atoms with Crippen molar-refractivity contribution in [3.63, 3.8) is 0 Å². The van der Waals surface area contributed by atoms with Crippen LogP contribution in [0.1, 0.15) is 11.1 Å². The predicted molar refractivity (Wildman–Crippen MR) is 90.8 cm³/mol. The highest BCUT2D eigenvalue weighted by molar-refractivity contribution is 6.16. The van der Waals surface area contributed by atoms with Gasteiger partial charge in [-0.25, -0.2) is 0 Å². The quantitative estimate of drug-likeness (QED) is 0.536. The van der Waals surface area contributed by atoms with E-state index in [0.29, 0.717) is 22.1 Å². The Balaban J connectivity index is 2.31. The summed E-state index contributed by atoms with van der Waals surface area (Å²) < 4.78 is 5.99. The number of nitrogens with zero attached hydrogens (tertiary/aromatic N) is 3. The Hall–Kier alpha value is -3.83. The number of rotatable bonds is 1. The number of para-hydroxylation sites is 1. The molecule has 0 atom stereocenters. The van der Waals surface area contributed by atoms with E-state index in [-0.39, 0.29) is 16.8 Å². The lowest BCUT2D eigenvalue weighted by molar-refractivity contribution is 0.670. The average molecular weight is 310 g/mol. The van der Waals surface area contributed by atoms with Gasteiger partial charge < -0.3 is 10.2 Å². The van der Waals surface area contributed by atoms with Crippen LogP contribution in [0.15, 0.2) is 53.2 Å². The number of furan rings is 1. The number of nitriles is 2. The van der Waals surface area contributed by atoms with E-state index in [2.05, 4.69) is 17.1 Å². The zero-order valence-electron chi connectivity index (χ0n) is 12.4. The second-order valence-electron chi connectivity index (χ2n) is 5.31. The number of pyridine rings is 1. The number of benzene rings is 2. The molecule has 0 unspecified atom stereocenters. The van der Waals surface area contributed by atoms with Crippen LogP contribution in [0.3, 0.4) is 0 Å². The summed E-state index contributed by atoms with van der Waals surface area (Å²) in [7, 11) is 0. The molecular formula is C19H10N4O. The second-order valence-corrected chi connectivity index (χ2v) is 5.31. The molecule has 0 aliphatic rings. The maximum Gasteiger partial charge on any atom is 0.146 e. The normalized spacial score (nSPS) is 10.6. The molecule has 5 nitrogen and oxygen atoms in total. The van der Waals surface area contributed by atoms with E-state index in [4.69, 9.17) is 10.2 Å². The van der Waals surface area contributed by atoms with Gasteiger partial charge >= 0.3 is 0 Å². The van der Waals surface area contributed by atoms with Crippen molar-refractivity contribution >= 4 is 27.6 Å². The Morgan fingerprint density at radius 2 is 1.79 bits per heavy atom. The lowest BCUT2D eigenvalue weighted by Gasteiger charge is -2.10. The SMILES string of the molecule is N#Cc1c(N)c(-c2cccnc2)c2oc3ccccc3c2c1C#N. The van der Waals surface area contributed by atoms with Gasteiger partial charge in [0.15, 0.2) is 0 Å². The van der Waals surface area contributed by atoms with E-state index in [0.717, 1.165) is 10.9 Å². The van der Waals surface area contributed by atoms with Crippen LogP contribution in [0.2, 0.25) is 0 Å². The zero-order chi connectivity index (χ0) is 16.7. The summed E-state index contributed by atoms with van der Waals surface area (Å²) in [5.74, 6) is 0. The molecule has 4 aromatic rings. The number of nitrogen functional groups attached to an aromatic ring is 1. The second kappa shape index (κ2) is 5.12. The molecule has 0 bridgehead atoms. The molecule has 0 fully saturated rings. The summed E-state index contributed by atoms with van der Waals surface area (Å²) >= 11 is 0.